The Morgan fingerprint density at radius 1 is 0.737 bits per heavy atom. The fourth-order valence-electron chi connectivity index (χ4n) is 3.10. The molecule has 1 atom stereocenters. The Bertz CT molecular complexity index is 596. The molecule has 0 aromatic heterocycles. The summed E-state index contributed by atoms with van der Waals surface area (Å²) < 4.78 is 21.7. The number of aldehydes is 1. The molecule has 12 heteroatoms. The summed E-state index contributed by atoms with van der Waals surface area (Å²) >= 11 is 0. The minimum absolute atomic E-state index is 0.0101. The summed E-state index contributed by atoms with van der Waals surface area (Å²) in [7, 11) is 6.06. The summed E-state index contributed by atoms with van der Waals surface area (Å²) in [5.74, 6) is -0.153. The van der Waals surface area contributed by atoms with Crippen LogP contribution in [-0.4, -0.2) is 147 Å². The lowest BCUT2D eigenvalue weighted by molar-refractivity contribution is -0.125. The standard InChI is InChI=1S/C26H53N5O7/c1-23(2)24(22-32)29-26(34)7-15-36-17-19-38-21-20-37-18-16-35-14-6-25(33)28-9-11-31(10-8-27-3)13-12-30(4)5/h22-24,27H,6-21H2,1-5H3,(H,28,33)(H,29,34). The van der Waals surface area contributed by atoms with Crippen molar-refractivity contribution in [2.75, 3.05) is 113 Å². The summed E-state index contributed by atoms with van der Waals surface area (Å²) in [5.41, 5.74) is 0. The molecule has 0 aromatic rings. The zero-order valence-corrected chi connectivity index (χ0v) is 24.3. The van der Waals surface area contributed by atoms with Crippen molar-refractivity contribution >= 4 is 18.1 Å². The first-order valence-electron chi connectivity index (χ1n) is 13.6. The SMILES string of the molecule is CNCCN(CCNC(=O)CCOCCOCCOCCOCCC(=O)NC(C=O)C(C)C)CCN(C)C. The van der Waals surface area contributed by atoms with Crippen LogP contribution in [0.4, 0.5) is 0 Å². The third-order valence-electron chi connectivity index (χ3n) is 5.55. The maximum Gasteiger partial charge on any atom is 0.222 e. The first-order chi connectivity index (χ1) is 18.3. The summed E-state index contributed by atoms with van der Waals surface area (Å²) in [4.78, 5) is 39.1. The van der Waals surface area contributed by atoms with Gasteiger partial charge in [-0.2, -0.15) is 0 Å². The van der Waals surface area contributed by atoms with Gasteiger partial charge in [-0.1, -0.05) is 13.8 Å². The molecule has 0 aromatic carbocycles. The number of carbonyl (C=O) groups is 3. The second kappa shape index (κ2) is 25.6. The molecule has 2 amide bonds. The van der Waals surface area contributed by atoms with Gasteiger partial charge in [0.25, 0.3) is 0 Å². The van der Waals surface area contributed by atoms with Gasteiger partial charge in [0.15, 0.2) is 0 Å². The quantitative estimate of drug-likeness (QED) is 0.0903. The smallest absolute Gasteiger partial charge is 0.222 e. The van der Waals surface area contributed by atoms with Crippen molar-refractivity contribution in [2.45, 2.75) is 32.7 Å². The van der Waals surface area contributed by atoms with E-state index in [-0.39, 0.29) is 30.8 Å². The zero-order valence-electron chi connectivity index (χ0n) is 24.3. The van der Waals surface area contributed by atoms with Gasteiger partial charge >= 0.3 is 0 Å². The molecule has 0 aliphatic heterocycles. The summed E-state index contributed by atoms with van der Waals surface area (Å²) in [5, 5.41) is 8.79. The van der Waals surface area contributed by atoms with Crippen LogP contribution in [0, 0.1) is 5.92 Å². The van der Waals surface area contributed by atoms with Crippen molar-refractivity contribution in [2.24, 2.45) is 5.92 Å². The van der Waals surface area contributed by atoms with Crippen LogP contribution in [0.3, 0.4) is 0 Å². The Balaban J connectivity index is 3.52. The van der Waals surface area contributed by atoms with Crippen molar-refractivity contribution in [1.82, 2.24) is 25.8 Å². The second-order valence-electron chi connectivity index (χ2n) is 9.52. The molecular weight excluding hydrogens is 494 g/mol. The fraction of sp³-hybridized carbons (Fsp3) is 0.885. The number of hydrogen-bond acceptors (Lipinski definition) is 10. The molecule has 0 bridgehead atoms. The van der Waals surface area contributed by atoms with Gasteiger partial charge in [0.1, 0.15) is 6.29 Å². The summed E-state index contributed by atoms with van der Waals surface area (Å²) in [6.07, 6.45) is 1.28. The number of likely N-dealkylation sites (N-methyl/N-ethyl adjacent to an activating group) is 2. The fourth-order valence-corrected chi connectivity index (χ4v) is 3.10. The van der Waals surface area contributed by atoms with Gasteiger partial charge < -0.3 is 44.6 Å². The molecule has 0 aliphatic rings. The van der Waals surface area contributed by atoms with Crippen LogP contribution < -0.4 is 16.0 Å². The van der Waals surface area contributed by atoms with Crippen molar-refractivity contribution in [3.05, 3.63) is 0 Å². The third-order valence-corrected chi connectivity index (χ3v) is 5.55. The number of ether oxygens (including phenoxy) is 4. The van der Waals surface area contributed by atoms with E-state index < -0.39 is 6.04 Å². The van der Waals surface area contributed by atoms with Gasteiger partial charge in [0, 0.05) is 52.1 Å². The molecule has 0 rings (SSSR count). The van der Waals surface area contributed by atoms with E-state index >= 15 is 0 Å². The third kappa shape index (κ3) is 23.4. The van der Waals surface area contributed by atoms with Crippen LogP contribution >= 0.6 is 0 Å². The summed E-state index contributed by atoms with van der Waals surface area (Å²) in [6.45, 7) is 12.2. The molecule has 12 nitrogen and oxygen atoms in total. The van der Waals surface area contributed by atoms with Gasteiger partial charge in [-0.3, -0.25) is 14.5 Å². The highest BCUT2D eigenvalue weighted by atomic mass is 16.6. The molecule has 38 heavy (non-hydrogen) atoms. The number of hydrogen-bond donors (Lipinski definition) is 3. The van der Waals surface area contributed by atoms with Crippen LogP contribution in [0.2, 0.25) is 0 Å². The van der Waals surface area contributed by atoms with Crippen LogP contribution in [0.5, 0.6) is 0 Å². The highest BCUT2D eigenvalue weighted by molar-refractivity contribution is 5.79. The molecule has 0 fully saturated rings. The van der Waals surface area contributed by atoms with Gasteiger partial charge in [0.05, 0.1) is 58.9 Å². The Labute approximate surface area is 229 Å². The van der Waals surface area contributed by atoms with Gasteiger partial charge in [-0.15, -0.1) is 0 Å². The predicted octanol–water partition coefficient (Wildman–Crippen LogP) is -0.628. The molecule has 1 unspecified atom stereocenters. The van der Waals surface area contributed by atoms with Crippen LogP contribution in [0.15, 0.2) is 0 Å². The van der Waals surface area contributed by atoms with E-state index in [2.05, 4.69) is 39.8 Å². The molecule has 0 saturated heterocycles. The number of amides is 2. The monoisotopic (exact) mass is 547 g/mol. The molecular formula is C26H53N5O7. The van der Waals surface area contributed by atoms with Gasteiger partial charge in [-0.25, -0.2) is 0 Å². The number of nitrogens with zero attached hydrogens (tertiary/aromatic N) is 2. The molecule has 224 valence electrons. The second-order valence-corrected chi connectivity index (χ2v) is 9.52. The first-order valence-corrected chi connectivity index (χ1v) is 13.6. The van der Waals surface area contributed by atoms with E-state index in [4.69, 9.17) is 18.9 Å². The maximum absolute atomic E-state index is 12.0. The lowest BCUT2D eigenvalue weighted by Gasteiger charge is -2.24. The maximum atomic E-state index is 12.0. The highest BCUT2D eigenvalue weighted by Gasteiger charge is 2.14. The number of rotatable bonds is 27. The first kappa shape index (κ1) is 36.3. The van der Waals surface area contributed by atoms with E-state index in [1.807, 2.05) is 20.9 Å². The zero-order chi connectivity index (χ0) is 28.4. The van der Waals surface area contributed by atoms with E-state index in [0.29, 0.717) is 59.2 Å². The topological polar surface area (TPSA) is 131 Å². The van der Waals surface area contributed by atoms with E-state index in [1.165, 1.54) is 0 Å². The summed E-state index contributed by atoms with van der Waals surface area (Å²) in [6, 6.07) is -0.464. The molecule has 0 heterocycles. The normalized spacial score (nSPS) is 12.3. The molecule has 0 spiro atoms. The minimum atomic E-state index is -0.464. The van der Waals surface area contributed by atoms with Crippen LogP contribution in [0.25, 0.3) is 0 Å². The van der Waals surface area contributed by atoms with E-state index in [0.717, 1.165) is 39.0 Å². The molecule has 0 saturated carbocycles. The highest BCUT2D eigenvalue weighted by Crippen LogP contribution is 1.99. The molecule has 0 radical (unpaired) electrons. The van der Waals surface area contributed by atoms with Gasteiger partial charge in [-0.05, 0) is 27.1 Å². The Morgan fingerprint density at radius 3 is 1.71 bits per heavy atom. The number of nitrogens with one attached hydrogen (secondary N) is 3. The predicted molar refractivity (Wildman–Crippen MR) is 147 cm³/mol. The molecule has 3 N–H and O–H groups in total. The van der Waals surface area contributed by atoms with Crippen molar-refractivity contribution in [1.29, 1.82) is 0 Å². The minimum Gasteiger partial charge on any atom is -0.379 e. The van der Waals surface area contributed by atoms with E-state index in [9.17, 15) is 14.4 Å². The van der Waals surface area contributed by atoms with Crippen LogP contribution in [-0.2, 0) is 33.3 Å². The van der Waals surface area contributed by atoms with Crippen molar-refractivity contribution in [3.8, 4) is 0 Å². The Hall–Kier alpha value is -1.67. The number of carbonyl (C=O) groups excluding carboxylic acids is 3. The largest absolute Gasteiger partial charge is 0.379 e. The average Bonchev–Trinajstić information content (AvgIpc) is 2.88. The van der Waals surface area contributed by atoms with Crippen molar-refractivity contribution in [3.63, 3.8) is 0 Å². The van der Waals surface area contributed by atoms with E-state index in [1.54, 1.807) is 0 Å². The molecule has 0 aliphatic carbocycles. The lowest BCUT2D eigenvalue weighted by Crippen LogP contribution is -2.41. The van der Waals surface area contributed by atoms with Crippen LogP contribution in [0.1, 0.15) is 26.7 Å². The van der Waals surface area contributed by atoms with Crippen molar-refractivity contribution < 1.29 is 33.3 Å². The van der Waals surface area contributed by atoms with Gasteiger partial charge in [0.2, 0.25) is 11.8 Å². The lowest BCUT2D eigenvalue weighted by atomic mass is 10.1. The Morgan fingerprint density at radius 2 is 1.24 bits per heavy atom. The average molecular weight is 548 g/mol. The Kier molecular flexibility index (Phi) is 24.5.